The van der Waals surface area contributed by atoms with E-state index in [1.165, 1.54) is 16.3 Å². The van der Waals surface area contributed by atoms with Gasteiger partial charge in [-0.3, -0.25) is 9.88 Å². The van der Waals surface area contributed by atoms with Crippen LogP contribution in [-0.4, -0.2) is 29.0 Å². The van der Waals surface area contributed by atoms with Crippen LogP contribution in [0.2, 0.25) is 0 Å². The summed E-state index contributed by atoms with van der Waals surface area (Å²) in [5.41, 5.74) is 7.38. The van der Waals surface area contributed by atoms with E-state index < -0.39 is 0 Å². The highest BCUT2D eigenvalue weighted by Crippen LogP contribution is 2.28. The third kappa shape index (κ3) is 3.60. The number of pyridine rings is 1. The Hall–Kier alpha value is -1.45. The molecule has 0 radical (unpaired) electrons. The van der Waals surface area contributed by atoms with Crippen molar-refractivity contribution in [2.24, 2.45) is 11.7 Å². The lowest BCUT2D eigenvalue weighted by Gasteiger charge is -2.36. The molecule has 1 heterocycles. The number of hydrogen-bond acceptors (Lipinski definition) is 3. The number of aromatic nitrogens is 1. The summed E-state index contributed by atoms with van der Waals surface area (Å²) in [5, 5.41) is 2.44. The van der Waals surface area contributed by atoms with E-state index in [1.54, 1.807) is 0 Å². The molecular weight excluding hydrogens is 258 g/mol. The van der Waals surface area contributed by atoms with Crippen molar-refractivity contribution in [3.63, 3.8) is 0 Å². The Morgan fingerprint density at radius 3 is 2.43 bits per heavy atom. The van der Waals surface area contributed by atoms with Crippen LogP contribution >= 0.6 is 0 Å². The molecule has 0 aliphatic heterocycles. The summed E-state index contributed by atoms with van der Waals surface area (Å²) in [6.45, 7) is 10.6. The van der Waals surface area contributed by atoms with E-state index in [4.69, 9.17) is 5.73 Å². The molecule has 0 bridgehead atoms. The van der Waals surface area contributed by atoms with Gasteiger partial charge in [-0.15, -0.1) is 0 Å². The first kappa shape index (κ1) is 15.9. The van der Waals surface area contributed by atoms with Crippen LogP contribution < -0.4 is 5.73 Å². The highest BCUT2D eigenvalue weighted by Gasteiger charge is 2.24. The van der Waals surface area contributed by atoms with Crippen molar-refractivity contribution in [3.8, 4) is 0 Å². The predicted molar refractivity (Wildman–Crippen MR) is 90.2 cm³/mol. The van der Waals surface area contributed by atoms with Gasteiger partial charge in [-0.05, 0) is 30.7 Å². The largest absolute Gasteiger partial charge is 0.329 e. The molecule has 0 saturated heterocycles. The molecule has 114 valence electrons. The van der Waals surface area contributed by atoms with Crippen LogP contribution in [0.4, 0.5) is 0 Å². The Morgan fingerprint density at radius 1 is 1.10 bits per heavy atom. The number of rotatable bonds is 6. The molecule has 21 heavy (non-hydrogen) atoms. The van der Waals surface area contributed by atoms with Crippen molar-refractivity contribution in [3.05, 3.63) is 42.2 Å². The number of nitrogens with zero attached hydrogens (tertiary/aromatic N) is 2. The first-order chi connectivity index (χ1) is 10.0. The lowest BCUT2D eigenvalue weighted by molar-refractivity contribution is 0.139. The van der Waals surface area contributed by atoms with Gasteiger partial charge in [0.05, 0.1) is 0 Å². The van der Waals surface area contributed by atoms with E-state index >= 15 is 0 Å². The normalized spacial score (nSPS) is 13.5. The molecule has 0 amide bonds. The Labute approximate surface area is 128 Å². The Bertz CT molecular complexity index is 572. The summed E-state index contributed by atoms with van der Waals surface area (Å²) in [7, 11) is 0. The zero-order valence-electron chi connectivity index (χ0n) is 13.6. The first-order valence-electron chi connectivity index (χ1n) is 7.83. The van der Waals surface area contributed by atoms with Crippen molar-refractivity contribution < 1.29 is 0 Å². The van der Waals surface area contributed by atoms with Crippen LogP contribution in [0.3, 0.4) is 0 Å². The number of fused-ring (bicyclic) bond motifs is 1. The molecule has 1 atom stereocenters. The third-order valence-electron chi connectivity index (χ3n) is 3.92. The highest BCUT2D eigenvalue weighted by atomic mass is 15.2. The van der Waals surface area contributed by atoms with Crippen molar-refractivity contribution in [1.82, 2.24) is 9.88 Å². The van der Waals surface area contributed by atoms with Crippen molar-refractivity contribution >= 4 is 10.8 Å². The minimum absolute atomic E-state index is 0.214. The van der Waals surface area contributed by atoms with Crippen molar-refractivity contribution in [2.75, 3.05) is 13.1 Å². The molecule has 0 spiro atoms. The summed E-state index contributed by atoms with van der Waals surface area (Å²) in [4.78, 5) is 6.91. The first-order valence-corrected chi connectivity index (χ1v) is 7.83. The standard InChI is InChI=1S/C18H27N3/c1-13(2)12-21(14(3)4)18(9-19)17-11-20-10-15-7-5-6-8-16(15)17/h5-8,10-11,13-14,18H,9,12,19H2,1-4H3. The number of hydrogen-bond donors (Lipinski definition) is 1. The van der Waals surface area contributed by atoms with Gasteiger partial charge in [-0.1, -0.05) is 38.1 Å². The van der Waals surface area contributed by atoms with Crippen LogP contribution in [0, 0.1) is 5.92 Å². The average Bonchev–Trinajstić information content (AvgIpc) is 2.46. The zero-order valence-corrected chi connectivity index (χ0v) is 13.6. The third-order valence-corrected chi connectivity index (χ3v) is 3.92. The van der Waals surface area contributed by atoms with Crippen molar-refractivity contribution in [2.45, 2.75) is 39.8 Å². The molecular formula is C18H27N3. The van der Waals surface area contributed by atoms with Gasteiger partial charge in [-0.2, -0.15) is 0 Å². The van der Waals surface area contributed by atoms with E-state index in [0.29, 0.717) is 18.5 Å². The van der Waals surface area contributed by atoms with Crippen molar-refractivity contribution in [1.29, 1.82) is 0 Å². The van der Waals surface area contributed by atoms with Crippen LogP contribution in [0.1, 0.15) is 39.3 Å². The van der Waals surface area contributed by atoms with Gasteiger partial charge in [0, 0.05) is 43.0 Å². The second kappa shape index (κ2) is 7.01. The maximum absolute atomic E-state index is 6.14. The monoisotopic (exact) mass is 285 g/mol. The quantitative estimate of drug-likeness (QED) is 0.881. The molecule has 0 saturated carbocycles. The molecule has 2 aromatic rings. The lowest BCUT2D eigenvalue weighted by atomic mass is 9.98. The molecule has 0 aliphatic carbocycles. The smallest absolute Gasteiger partial charge is 0.0494 e. The van der Waals surface area contributed by atoms with Crippen LogP contribution in [0.5, 0.6) is 0 Å². The molecule has 2 rings (SSSR count). The second-order valence-corrected chi connectivity index (χ2v) is 6.39. The maximum atomic E-state index is 6.14. The number of benzene rings is 1. The summed E-state index contributed by atoms with van der Waals surface area (Å²) in [6.07, 6.45) is 3.91. The molecule has 1 aromatic carbocycles. The van der Waals surface area contributed by atoms with E-state index in [2.05, 4.69) is 61.8 Å². The summed E-state index contributed by atoms with van der Waals surface area (Å²) < 4.78 is 0. The predicted octanol–water partition coefficient (Wildman–Crippen LogP) is 3.60. The molecule has 0 aliphatic rings. The fourth-order valence-corrected chi connectivity index (χ4v) is 2.97. The molecule has 0 fully saturated rings. The minimum Gasteiger partial charge on any atom is -0.329 e. The average molecular weight is 285 g/mol. The zero-order chi connectivity index (χ0) is 15.4. The lowest BCUT2D eigenvalue weighted by Crippen LogP contribution is -2.41. The second-order valence-electron chi connectivity index (χ2n) is 6.39. The summed E-state index contributed by atoms with van der Waals surface area (Å²) >= 11 is 0. The fraction of sp³-hybridized carbons (Fsp3) is 0.500. The fourth-order valence-electron chi connectivity index (χ4n) is 2.97. The van der Waals surface area contributed by atoms with Crippen LogP contribution in [0.15, 0.2) is 36.7 Å². The van der Waals surface area contributed by atoms with E-state index in [1.807, 2.05) is 12.4 Å². The van der Waals surface area contributed by atoms with Gasteiger partial charge in [-0.25, -0.2) is 0 Å². The summed E-state index contributed by atoms with van der Waals surface area (Å²) in [6, 6.07) is 9.09. The molecule has 1 aromatic heterocycles. The van der Waals surface area contributed by atoms with Gasteiger partial charge in [0.25, 0.3) is 0 Å². The number of nitrogens with two attached hydrogens (primary N) is 1. The van der Waals surface area contributed by atoms with Crippen LogP contribution in [0.25, 0.3) is 10.8 Å². The van der Waals surface area contributed by atoms with Gasteiger partial charge in [0.15, 0.2) is 0 Å². The summed E-state index contributed by atoms with van der Waals surface area (Å²) in [5.74, 6) is 0.615. The van der Waals surface area contributed by atoms with Gasteiger partial charge < -0.3 is 5.73 Å². The molecule has 1 unspecified atom stereocenters. The highest BCUT2D eigenvalue weighted by molar-refractivity contribution is 5.85. The van der Waals surface area contributed by atoms with E-state index in [9.17, 15) is 0 Å². The maximum Gasteiger partial charge on any atom is 0.0494 e. The molecule has 3 nitrogen and oxygen atoms in total. The van der Waals surface area contributed by atoms with E-state index in [0.717, 1.165) is 6.54 Å². The molecule has 3 heteroatoms. The Kier molecular flexibility index (Phi) is 5.32. The van der Waals surface area contributed by atoms with Crippen LogP contribution in [-0.2, 0) is 0 Å². The van der Waals surface area contributed by atoms with Gasteiger partial charge in [0.1, 0.15) is 0 Å². The Balaban J connectivity index is 2.47. The van der Waals surface area contributed by atoms with Gasteiger partial charge >= 0.3 is 0 Å². The van der Waals surface area contributed by atoms with Gasteiger partial charge in [0.2, 0.25) is 0 Å². The SMILES string of the molecule is CC(C)CN(C(C)C)C(CN)c1cncc2ccccc12. The Morgan fingerprint density at radius 2 is 1.81 bits per heavy atom. The molecule has 2 N–H and O–H groups in total. The minimum atomic E-state index is 0.214. The topological polar surface area (TPSA) is 42.1 Å². The van der Waals surface area contributed by atoms with E-state index in [-0.39, 0.29) is 6.04 Å².